The molecule has 1 N–H and O–H groups in total. The summed E-state index contributed by atoms with van der Waals surface area (Å²) in [6, 6.07) is 3.41. The van der Waals surface area contributed by atoms with Crippen molar-refractivity contribution in [3.63, 3.8) is 0 Å². The molecule has 1 heterocycles. The lowest BCUT2D eigenvalue weighted by molar-refractivity contribution is -0.129. The van der Waals surface area contributed by atoms with Gasteiger partial charge in [0.15, 0.2) is 6.10 Å². The van der Waals surface area contributed by atoms with Crippen molar-refractivity contribution in [3.05, 3.63) is 22.4 Å². The van der Waals surface area contributed by atoms with Crippen LogP contribution in [0.1, 0.15) is 16.6 Å². The molecule has 0 aromatic carbocycles. The Morgan fingerprint density at radius 2 is 2.29 bits per heavy atom. The number of methoxy groups -OCH3 is 1. The van der Waals surface area contributed by atoms with E-state index >= 15 is 0 Å². The minimum absolute atomic E-state index is 0.327. The third-order valence-electron chi connectivity index (χ3n) is 1.98. The van der Waals surface area contributed by atoms with Crippen molar-refractivity contribution in [2.75, 3.05) is 20.3 Å². The van der Waals surface area contributed by atoms with E-state index in [0.717, 1.165) is 0 Å². The van der Waals surface area contributed by atoms with Gasteiger partial charge in [-0.25, -0.2) is 4.79 Å². The Kier molecular flexibility index (Phi) is 5.65. The quantitative estimate of drug-likeness (QED) is 0.611. The Morgan fingerprint density at radius 3 is 2.88 bits per heavy atom. The zero-order valence-corrected chi connectivity index (χ0v) is 10.6. The number of esters is 1. The van der Waals surface area contributed by atoms with Crippen molar-refractivity contribution < 1.29 is 19.1 Å². The molecule has 0 aliphatic heterocycles. The van der Waals surface area contributed by atoms with E-state index in [-0.39, 0.29) is 5.91 Å². The summed E-state index contributed by atoms with van der Waals surface area (Å²) in [4.78, 5) is 23.5. The average Bonchev–Trinajstić information content (AvgIpc) is 2.82. The van der Waals surface area contributed by atoms with Gasteiger partial charge in [0.25, 0.3) is 5.91 Å². The van der Waals surface area contributed by atoms with Gasteiger partial charge in [0.2, 0.25) is 0 Å². The van der Waals surface area contributed by atoms with Gasteiger partial charge in [-0.3, -0.25) is 4.79 Å². The molecular formula is C11H15NO4S. The van der Waals surface area contributed by atoms with E-state index in [0.29, 0.717) is 18.0 Å². The van der Waals surface area contributed by atoms with Gasteiger partial charge in [0.1, 0.15) is 4.88 Å². The Morgan fingerprint density at radius 1 is 1.53 bits per heavy atom. The predicted octanol–water partition coefficient (Wildman–Crippen LogP) is 1.06. The number of hydrogen-bond acceptors (Lipinski definition) is 5. The molecule has 1 rings (SSSR count). The fourth-order valence-corrected chi connectivity index (χ4v) is 1.69. The fourth-order valence-electron chi connectivity index (χ4n) is 1.09. The van der Waals surface area contributed by atoms with Crippen molar-refractivity contribution in [2.45, 2.75) is 13.0 Å². The van der Waals surface area contributed by atoms with E-state index in [1.807, 2.05) is 0 Å². The molecule has 1 atom stereocenters. The van der Waals surface area contributed by atoms with Gasteiger partial charge in [0.05, 0.1) is 6.61 Å². The van der Waals surface area contributed by atoms with Crippen LogP contribution in [0.15, 0.2) is 17.5 Å². The smallest absolute Gasteiger partial charge is 0.349 e. The number of nitrogens with one attached hydrogen (secondary N) is 1. The highest BCUT2D eigenvalue weighted by molar-refractivity contribution is 7.11. The number of rotatable bonds is 6. The third-order valence-corrected chi connectivity index (χ3v) is 2.83. The van der Waals surface area contributed by atoms with Crippen LogP contribution in [0.2, 0.25) is 0 Å². The fraction of sp³-hybridized carbons (Fsp3) is 0.455. The molecule has 0 radical (unpaired) electrons. The van der Waals surface area contributed by atoms with Crippen LogP contribution in [0, 0.1) is 0 Å². The second kappa shape index (κ2) is 7.03. The Bertz CT molecular complexity index is 364. The maximum Gasteiger partial charge on any atom is 0.349 e. The molecule has 0 bridgehead atoms. The Hall–Kier alpha value is -1.40. The van der Waals surface area contributed by atoms with Crippen LogP contribution in [0.25, 0.3) is 0 Å². The van der Waals surface area contributed by atoms with Crippen LogP contribution in [-0.2, 0) is 14.3 Å². The molecule has 1 amide bonds. The first kappa shape index (κ1) is 13.7. The molecule has 1 aromatic heterocycles. The Labute approximate surface area is 104 Å². The van der Waals surface area contributed by atoms with Crippen LogP contribution in [0.4, 0.5) is 0 Å². The van der Waals surface area contributed by atoms with Crippen LogP contribution in [-0.4, -0.2) is 38.2 Å². The van der Waals surface area contributed by atoms with Crippen LogP contribution in [0.5, 0.6) is 0 Å². The van der Waals surface area contributed by atoms with Gasteiger partial charge in [-0.1, -0.05) is 6.07 Å². The number of hydrogen-bond donors (Lipinski definition) is 1. The van der Waals surface area contributed by atoms with Gasteiger partial charge >= 0.3 is 5.97 Å². The monoisotopic (exact) mass is 257 g/mol. The van der Waals surface area contributed by atoms with Gasteiger partial charge < -0.3 is 14.8 Å². The molecule has 94 valence electrons. The number of ether oxygens (including phenoxy) is 2. The van der Waals surface area contributed by atoms with Crippen molar-refractivity contribution in [2.24, 2.45) is 0 Å². The third kappa shape index (κ3) is 4.54. The maximum atomic E-state index is 11.5. The number of carbonyl (C=O) groups excluding carboxylic acids is 2. The lowest BCUT2D eigenvalue weighted by Gasteiger charge is -2.12. The molecule has 5 nitrogen and oxygen atoms in total. The Balaban J connectivity index is 2.35. The van der Waals surface area contributed by atoms with Crippen LogP contribution in [0.3, 0.4) is 0 Å². The molecule has 6 heteroatoms. The molecule has 0 aliphatic carbocycles. The van der Waals surface area contributed by atoms with E-state index in [4.69, 9.17) is 9.47 Å². The van der Waals surface area contributed by atoms with Gasteiger partial charge in [0, 0.05) is 13.7 Å². The first-order valence-electron chi connectivity index (χ1n) is 5.16. The van der Waals surface area contributed by atoms with Gasteiger partial charge in [-0.15, -0.1) is 11.3 Å². The zero-order valence-electron chi connectivity index (χ0n) is 9.76. The average molecular weight is 257 g/mol. The number of thiophene rings is 1. The molecule has 1 aromatic rings. The van der Waals surface area contributed by atoms with Gasteiger partial charge in [-0.2, -0.15) is 0 Å². The topological polar surface area (TPSA) is 64.6 Å². The molecule has 0 fully saturated rings. The van der Waals surface area contributed by atoms with E-state index in [9.17, 15) is 9.59 Å². The van der Waals surface area contributed by atoms with E-state index in [1.54, 1.807) is 24.6 Å². The van der Waals surface area contributed by atoms with E-state index < -0.39 is 12.1 Å². The summed E-state index contributed by atoms with van der Waals surface area (Å²) in [5.41, 5.74) is 0. The van der Waals surface area contributed by atoms with Crippen molar-refractivity contribution >= 4 is 23.2 Å². The summed E-state index contributed by atoms with van der Waals surface area (Å²) in [6.07, 6.45) is -0.804. The van der Waals surface area contributed by atoms with Crippen molar-refractivity contribution in [1.29, 1.82) is 0 Å². The van der Waals surface area contributed by atoms with Gasteiger partial charge in [-0.05, 0) is 18.4 Å². The second-order valence-corrected chi connectivity index (χ2v) is 4.26. The summed E-state index contributed by atoms with van der Waals surface area (Å²) < 4.78 is 9.80. The molecule has 0 saturated heterocycles. The first-order valence-corrected chi connectivity index (χ1v) is 6.04. The van der Waals surface area contributed by atoms with Crippen LogP contribution >= 0.6 is 11.3 Å². The van der Waals surface area contributed by atoms with E-state index in [1.165, 1.54) is 18.3 Å². The normalized spacial score (nSPS) is 11.9. The zero-order chi connectivity index (χ0) is 12.7. The lowest BCUT2D eigenvalue weighted by atomic mass is 10.3. The molecular weight excluding hydrogens is 242 g/mol. The summed E-state index contributed by atoms with van der Waals surface area (Å²) in [5.74, 6) is -0.804. The summed E-state index contributed by atoms with van der Waals surface area (Å²) in [5, 5.41) is 4.37. The maximum absolute atomic E-state index is 11.5. The highest BCUT2D eigenvalue weighted by Crippen LogP contribution is 2.11. The van der Waals surface area contributed by atoms with Crippen LogP contribution < -0.4 is 5.32 Å². The van der Waals surface area contributed by atoms with Crippen molar-refractivity contribution in [3.8, 4) is 0 Å². The SMILES string of the molecule is COCCNC(=O)C(C)OC(=O)c1cccs1. The minimum Gasteiger partial charge on any atom is -0.448 e. The summed E-state index contributed by atoms with van der Waals surface area (Å²) >= 11 is 1.28. The molecule has 0 aliphatic rings. The van der Waals surface area contributed by atoms with Crippen molar-refractivity contribution in [1.82, 2.24) is 5.32 Å². The molecule has 17 heavy (non-hydrogen) atoms. The minimum atomic E-state index is -0.804. The lowest BCUT2D eigenvalue weighted by Crippen LogP contribution is -2.37. The number of carbonyl (C=O) groups is 2. The molecule has 0 saturated carbocycles. The second-order valence-electron chi connectivity index (χ2n) is 3.31. The molecule has 0 spiro atoms. The summed E-state index contributed by atoms with van der Waals surface area (Å²) in [6.45, 7) is 2.36. The largest absolute Gasteiger partial charge is 0.448 e. The first-order chi connectivity index (χ1) is 8.15. The highest BCUT2D eigenvalue weighted by atomic mass is 32.1. The highest BCUT2D eigenvalue weighted by Gasteiger charge is 2.18. The molecule has 1 unspecified atom stereocenters. The number of amides is 1. The summed E-state index contributed by atoms with van der Waals surface area (Å²) in [7, 11) is 1.55. The standard InChI is InChI=1S/C11H15NO4S/c1-8(10(13)12-5-6-15-2)16-11(14)9-4-3-7-17-9/h3-4,7-8H,5-6H2,1-2H3,(H,12,13). The predicted molar refractivity (Wildman–Crippen MR) is 64.1 cm³/mol. The van der Waals surface area contributed by atoms with E-state index in [2.05, 4.69) is 5.32 Å².